The fraction of sp³-hybridized carbons (Fsp3) is 0.320. The largest absolute Gasteiger partial charge is 0.497 e. The number of carbonyl (C=O) groups is 1. The molecular formula is C25H27NO5. The number of ether oxygens (including phenoxy) is 4. The van der Waals surface area contributed by atoms with Crippen LogP contribution in [0.3, 0.4) is 0 Å². The Morgan fingerprint density at radius 2 is 1.81 bits per heavy atom. The molecule has 1 heterocycles. The topological polar surface area (TPSA) is 66.0 Å². The van der Waals surface area contributed by atoms with Crippen molar-refractivity contribution in [3.8, 4) is 11.5 Å². The number of benzene rings is 3. The Morgan fingerprint density at radius 3 is 2.58 bits per heavy atom. The van der Waals surface area contributed by atoms with E-state index in [1.54, 1.807) is 19.2 Å². The van der Waals surface area contributed by atoms with Crippen molar-refractivity contribution in [1.82, 2.24) is 5.32 Å². The molecule has 1 N–H and O–H groups in total. The van der Waals surface area contributed by atoms with Crippen LogP contribution >= 0.6 is 0 Å². The quantitative estimate of drug-likeness (QED) is 0.551. The summed E-state index contributed by atoms with van der Waals surface area (Å²) in [6.45, 7) is 1.72. The van der Waals surface area contributed by atoms with E-state index in [0.717, 1.165) is 17.6 Å². The summed E-state index contributed by atoms with van der Waals surface area (Å²) in [5.41, 5.74) is 1.23. The molecule has 31 heavy (non-hydrogen) atoms. The van der Waals surface area contributed by atoms with Gasteiger partial charge in [-0.1, -0.05) is 42.5 Å². The summed E-state index contributed by atoms with van der Waals surface area (Å²) in [7, 11) is 1.68. The van der Waals surface area contributed by atoms with E-state index in [1.165, 1.54) is 10.9 Å². The summed E-state index contributed by atoms with van der Waals surface area (Å²) in [6.07, 6.45) is 0.751. The summed E-state index contributed by atoms with van der Waals surface area (Å²) in [4.78, 5) is 11.8. The van der Waals surface area contributed by atoms with Crippen molar-refractivity contribution in [2.24, 2.45) is 0 Å². The fourth-order valence-electron chi connectivity index (χ4n) is 3.75. The molecule has 162 valence electrons. The number of fused-ring (bicyclic) bond motifs is 1. The molecule has 0 spiro atoms. The highest BCUT2D eigenvalue weighted by atomic mass is 16.7. The van der Waals surface area contributed by atoms with E-state index in [2.05, 4.69) is 29.6 Å². The number of rotatable bonds is 7. The van der Waals surface area contributed by atoms with Crippen LogP contribution in [0.5, 0.6) is 11.5 Å². The van der Waals surface area contributed by atoms with Crippen molar-refractivity contribution >= 4 is 16.9 Å². The van der Waals surface area contributed by atoms with Gasteiger partial charge in [-0.3, -0.25) is 0 Å². The average molecular weight is 421 g/mol. The van der Waals surface area contributed by atoms with Crippen LogP contribution in [-0.4, -0.2) is 39.3 Å². The third kappa shape index (κ3) is 5.54. The molecule has 0 atom stereocenters. The zero-order chi connectivity index (χ0) is 21.5. The van der Waals surface area contributed by atoms with Crippen LogP contribution in [0, 0.1) is 0 Å². The molecule has 0 aliphatic carbocycles. The molecule has 1 aliphatic rings. The molecule has 6 heteroatoms. The highest BCUT2D eigenvalue weighted by Crippen LogP contribution is 2.31. The summed E-state index contributed by atoms with van der Waals surface area (Å²) >= 11 is 0. The number of methoxy groups -OCH3 is 1. The van der Waals surface area contributed by atoms with E-state index in [1.807, 2.05) is 30.3 Å². The van der Waals surface area contributed by atoms with Crippen LogP contribution < -0.4 is 14.8 Å². The first-order chi connectivity index (χ1) is 15.2. The summed E-state index contributed by atoms with van der Waals surface area (Å²) in [5, 5.41) is 5.09. The maximum absolute atomic E-state index is 11.8. The van der Waals surface area contributed by atoms with Gasteiger partial charge in [0.1, 0.15) is 11.5 Å². The van der Waals surface area contributed by atoms with Crippen LogP contribution in [-0.2, 0) is 9.47 Å². The number of carbonyl (C=O) groups excluding carboxylic acids is 1. The minimum absolute atomic E-state index is 0.187. The van der Waals surface area contributed by atoms with E-state index in [9.17, 15) is 4.79 Å². The van der Waals surface area contributed by atoms with Gasteiger partial charge in [-0.05, 0) is 47.0 Å². The van der Waals surface area contributed by atoms with Gasteiger partial charge in [0, 0.05) is 18.9 Å². The van der Waals surface area contributed by atoms with E-state index in [-0.39, 0.29) is 12.2 Å². The Morgan fingerprint density at radius 1 is 1.00 bits per heavy atom. The number of amides is 1. The van der Waals surface area contributed by atoms with Crippen LogP contribution in [0.25, 0.3) is 10.8 Å². The van der Waals surface area contributed by atoms with E-state index < -0.39 is 6.09 Å². The van der Waals surface area contributed by atoms with Crippen molar-refractivity contribution in [3.63, 3.8) is 0 Å². The number of hydrogen-bond donors (Lipinski definition) is 1. The molecular weight excluding hydrogens is 394 g/mol. The van der Waals surface area contributed by atoms with Crippen LogP contribution in [0.15, 0.2) is 66.7 Å². The molecule has 0 radical (unpaired) electrons. The predicted octanol–water partition coefficient (Wildman–Crippen LogP) is 4.87. The zero-order valence-corrected chi connectivity index (χ0v) is 17.6. The number of nitrogens with one attached hydrogen (secondary N) is 1. The molecule has 0 saturated carbocycles. The smallest absolute Gasteiger partial charge is 0.412 e. The van der Waals surface area contributed by atoms with Gasteiger partial charge >= 0.3 is 6.09 Å². The molecule has 1 amide bonds. The first-order valence-corrected chi connectivity index (χ1v) is 10.5. The van der Waals surface area contributed by atoms with Crippen LogP contribution in [0.1, 0.15) is 24.3 Å². The molecule has 3 aromatic carbocycles. The number of para-hydroxylation sites is 1. The Bertz CT molecular complexity index is 999. The number of hydrogen-bond acceptors (Lipinski definition) is 5. The fourth-order valence-corrected chi connectivity index (χ4v) is 3.75. The second-order valence-electron chi connectivity index (χ2n) is 7.50. The monoisotopic (exact) mass is 421 g/mol. The molecule has 0 bridgehead atoms. The van der Waals surface area contributed by atoms with Gasteiger partial charge in [-0.2, -0.15) is 0 Å². The molecule has 1 fully saturated rings. The summed E-state index contributed by atoms with van der Waals surface area (Å²) < 4.78 is 22.4. The van der Waals surface area contributed by atoms with Crippen molar-refractivity contribution in [1.29, 1.82) is 0 Å². The molecule has 0 aromatic heterocycles. The maximum atomic E-state index is 11.8. The van der Waals surface area contributed by atoms with Gasteiger partial charge < -0.3 is 24.3 Å². The second kappa shape index (κ2) is 10.3. The molecule has 4 rings (SSSR count). The van der Waals surface area contributed by atoms with Gasteiger partial charge in [0.15, 0.2) is 6.29 Å². The van der Waals surface area contributed by atoms with Gasteiger partial charge in [0.2, 0.25) is 0 Å². The Kier molecular flexibility index (Phi) is 7.02. The summed E-state index contributed by atoms with van der Waals surface area (Å²) in [5.74, 6) is 1.56. The zero-order valence-electron chi connectivity index (χ0n) is 17.6. The van der Waals surface area contributed by atoms with Gasteiger partial charge in [-0.25, -0.2) is 4.79 Å². The van der Waals surface area contributed by atoms with Gasteiger partial charge in [-0.15, -0.1) is 0 Å². The molecule has 1 aliphatic heterocycles. The molecule has 6 nitrogen and oxygen atoms in total. The minimum Gasteiger partial charge on any atom is -0.497 e. The third-order valence-corrected chi connectivity index (χ3v) is 5.37. The molecule has 3 aromatic rings. The Balaban J connectivity index is 1.21. The normalized spacial score (nSPS) is 18.5. The van der Waals surface area contributed by atoms with Crippen molar-refractivity contribution in [2.75, 3.05) is 26.9 Å². The van der Waals surface area contributed by atoms with Crippen molar-refractivity contribution < 1.29 is 23.7 Å². The predicted molar refractivity (Wildman–Crippen MR) is 119 cm³/mol. The van der Waals surface area contributed by atoms with Gasteiger partial charge in [0.25, 0.3) is 0 Å². The second-order valence-corrected chi connectivity index (χ2v) is 7.50. The lowest BCUT2D eigenvalue weighted by molar-refractivity contribution is -0.189. The summed E-state index contributed by atoms with van der Waals surface area (Å²) in [6, 6.07) is 21.4. The average Bonchev–Trinajstić information content (AvgIpc) is 2.82. The highest BCUT2D eigenvalue weighted by molar-refractivity contribution is 5.87. The maximum Gasteiger partial charge on any atom is 0.412 e. The lowest BCUT2D eigenvalue weighted by atomic mass is 9.94. The Labute approximate surface area is 182 Å². The van der Waals surface area contributed by atoms with Crippen LogP contribution in [0.4, 0.5) is 4.79 Å². The van der Waals surface area contributed by atoms with Crippen molar-refractivity contribution in [2.45, 2.75) is 25.0 Å². The standard InChI is InChI=1S/C25H27NO5/c1-28-21-12-13-23-18(15-21)7-5-10-22(23)19-16-29-24(30-17-19)11-6-14-26-25(27)31-20-8-3-2-4-9-20/h2-5,7-10,12-13,15,19,24H,6,11,14,16-17H2,1H3,(H,26,27). The molecule has 1 saturated heterocycles. The van der Waals surface area contributed by atoms with Gasteiger partial charge in [0.05, 0.1) is 20.3 Å². The molecule has 0 unspecified atom stereocenters. The first-order valence-electron chi connectivity index (χ1n) is 10.5. The first kappa shape index (κ1) is 21.2. The lowest BCUT2D eigenvalue weighted by Crippen LogP contribution is -2.32. The highest BCUT2D eigenvalue weighted by Gasteiger charge is 2.24. The van der Waals surface area contributed by atoms with E-state index >= 15 is 0 Å². The Hall–Kier alpha value is -3.09. The third-order valence-electron chi connectivity index (χ3n) is 5.37. The minimum atomic E-state index is -0.454. The SMILES string of the molecule is COc1ccc2c(C3COC(CCCNC(=O)Oc4ccccc4)OC3)cccc2c1. The van der Waals surface area contributed by atoms with E-state index in [4.69, 9.17) is 18.9 Å². The van der Waals surface area contributed by atoms with Crippen molar-refractivity contribution in [3.05, 3.63) is 72.3 Å². The lowest BCUT2D eigenvalue weighted by Gasteiger charge is -2.30. The van der Waals surface area contributed by atoms with E-state index in [0.29, 0.717) is 31.9 Å². The van der Waals surface area contributed by atoms with Crippen LogP contribution in [0.2, 0.25) is 0 Å².